The molecule has 20 heavy (non-hydrogen) atoms. The molecule has 1 fully saturated rings. The first kappa shape index (κ1) is 14.9. The van der Waals surface area contributed by atoms with E-state index in [9.17, 15) is 4.79 Å². The van der Waals surface area contributed by atoms with Crippen LogP contribution in [0.4, 0.5) is 0 Å². The molecule has 2 rings (SSSR count). The molecule has 1 aromatic rings. The lowest BCUT2D eigenvalue weighted by atomic mass is 10.0. The molecule has 1 saturated heterocycles. The summed E-state index contributed by atoms with van der Waals surface area (Å²) in [5.41, 5.74) is 0.570. The number of ether oxygens (including phenoxy) is 3. The zero-order valence-corrected chi connectivity index (χ0v) is 12.0. The van der Waals surface area contributed by atoms with Crippen LogP contribution in [0.2, 0.25) is 0 Å². The first-order valence-corrected chi connectivity index (χ1v) is 7.26. The topological polar surface area (TPSA) is 44.8 Å². The molecule has 4 heteroatoms. The minimum Gasteiger partial charge on any atom is -0.493 e. The maximum absolute atomic E-state index is 11.1. The third-order valence-electron chi connectivity index (χ3n) is 3.40. The lowest BCUT2D eigenvalue weighted by Gasteiger charge is -2.22. The van der Waals surface area contributed by atoms with Crippen molar-refractivity contribution in [3.8, 4) is 11.5 Å². The Hall–Kier alpha value is -1.55. The molecule has 1 aliphatic heterocycles. The fourth-order valence-electron chi connectivity index (χ4n) is 2.17. The van der Waals surface area contributed by atoms with Crippen molar-refractivity contribution in [3.63, 3.8) is 0 Å². The number of benzene rings is 1. The molecule has 0 amide bonds. The molecule has 0 saturated carbocycles. The second-order valence-corrected chi connectivity index (χ2v) is 5.03. The number of hydrogen-bond acceptors (Lipinski definition) is 4. The quantitative estimate of drug-likeness (QED) is 0.719. The third kappa shape index (κ3) is 4.23. The second-order valence-electron chi connectivity index (χ2n) is 5.03. The molecular weight excluding hydrogens is 256 g/mol. The first-order chi connectivity index (χ1) is 9.83. The van der Waals surface area contributed by atoms with Crippen molar-refractivity contribution in [2.75, 3.05) is 26.4 Å². The highest BCUT2D eigenvalue weighted by molar-refractivity contribution is 5.79. The van der Waals surface area contributed by atoms with Gasteiger partial charge in [-0.25, -0.2) is 0 Å². The molecule has 0 unspecified atom stereocenters. The molecule has 0 atom stereocenters. The van der Waals surface area contributed by atoms with Crippen LogP contribution in [-0.4, -0.2) is 32.7 Å². The van der Waals surface area contributed by atoms with Crippen molar-refractivity contribution in [2.24, 2.45) is 5.92 Å². The number of aldehydes is 1. The van der Waals surface area contributed by atoms with E-state index in [0.29, 0.717) is 30.4 Å². The van der Waals surface area contributed by atoms with E-state index in [1.165, 1.54) is 0 Å². The Morgan fingerprint density at radius 3 is 2.80 bits per heavy atom. The third-order valence-corrected chi connectivity index (χ3v) is 3.40. The zero-order valence-electron chi connectivity index (χ0n) is 12.0. The van der Waals surface area contributed by atoms with Crippen molar-refractivity contribution in [1.82, 2.24) is 0 Å². The fourth-order valence-corrected chi connectivity index (χ4v) is 2.17. The summed E-state index contributed by atoms with van der Waals surface area (Å²) < 4.78 is 16.7. The Labute approximate surface area is 120 Å². The van der Waals surface area contributed by atoms with Crippen LogP contribution in [0.5, 0.6) is 11.5 Å². The maximum Gasteiger partial charge on any atom is 0.153 e. The highest BCUT2D eigenvalue weighted by Crippen LogP contribution is 2.25. The lowest BCUT2D eigenvalue weighted by molar-refractivity contribution is 0.0495. The van der Waals surface area contributed by atoms with E-state index in [1.54, 1.807) is 18.2 Å². The molecular formula is C16H22O4. The molecule has 1 aliphatic rings. The molecule has 0 spiro atoms. The van der Waals surface area contributed by atoms with Gasteiger partial charge in [0, 0.05) is 19.3 Å². The highest BCUT2D eigenvalue weighted by Gasteiger charge is 2.15. The summed E-state index contributed by atoms with van der Waals surface area (Å²) in [6, 6.07) is 5.36. The average molecular weight is 278 g/mol. The largest absolute Gasteiger partial charge is 0.493 e. The molecule has 1 aromatic carbocycles. The Balaban J connectivity index is 1.97. The first-order valence-electron chi connectivity index (χ1n) is 7.26. The minimum atomic E-state index is 0.503. The summed E-state index contributed by atoms with van der Waals surface area (Å²) in [7, 11) is 0. The van der Waals surface area contributed by atoms with Gasteiger partial charge in [0.05, 0.1) is 18.8 Å². The van der Waals surface area contributed by atoms with Gasteiger partial charge in [-0.2, -0.15) is 0 Å². The van der Waals surface area contributed by atoms with Gasteiger partial charge < -0.3 is 14.2 Å². The van der Waals surface area contributed by atoms with E-state index < -0.39 is 0 Å². The van der Waals surface area contributed by atoms with E-state index in [0.717, 1.165) is 44.5 Å². The van der Waals surface area contributed by atoms with Gasteiger partial charge >= 0.3 is 0 Å². The molecule has 110 valence electrons. The van der Waals surface area contributed by atoms with E-state index in [2.05, 4.69) is 6.92 Å². The van der Waals surface area contributed by atoms with Crippen molar-refractivity contribution in [2.45, 2.75) is 26.2 Å². The summed E-state index contributed by atoms with van der Waals surface area (Å²) in [6.07, 6.45) is 3.81. The van der Waals surface area contributed by atoms with Crippen molar-refractivity contribution >= 4 is 6.29 Å². The van der Waals surface area contributed by atoms with Gasteiger partial charge in [0.15, 0.2) is 6.29 Å². The van der Waals surface area contributed by atoms with Crippen LogP contribution in [0, 0.1) is 5.92 Å². The van der Waals surface area contributed by atoms with Crippen LogP contribution in [0.3, 0.4) is 0 Å². The molecule has 0 radical (unpaired) electrons. The zero-order chi connectivity index (χ0) is 14.2. The average Bonchev–Trinajstić information content (AvgIpc) is 2.52. The van der Waals surface area contributed by atoms with E-state index in [-0.39, 0.29) is 0 Å². The normalized spacial score (nSPS) is 15.8. The lowest BCUT2D eigenvalue weighted by Crippen LogP contribution is -2.21. The van der Waals surface area contributed by atoms with Gasteiger partial charge in [0.2, 0.25) is 0 Å². The molecule has 1 heterocycles. The van der Waals surface area contributed by atoms with Crippen LogP contribution >= 0.6 is 0 Å². The van der Waals surface area contributed by atoms with Crippen LogP contribution in [0.1, 0.15) is 36.5 Å². The van der Waals surface area contributed by atoms with Gasteiger partial charge in [-0.3, -0.25) is 4.79 Å². The number of hydrogen-bond donors (Lipinski definition) is 0. The van der Waals surface area contributed by atoms with Gasteiger partial charge in [0.25, 0.3) is 0 Å². The highest BCUT2D eigenvalue weighted by atomic mass is 16.5. The van der Waals surface area contributed by atoms with Crippen molar-refractivity contribution in [1.29, 1.82) is 0 Å². The predicted molar refractivity (Wildman–Crippen MR) is 76.7 cm³/mol. The van der Waals surface area contributed by atoms with Gasteiger partial charge in [0.1, 0.15) is 11.5 Å². The Morgan fingerprint density at radius 1 is 1.30 bits per heavy atom. The monoisotopic (exact) mass is 278 g/mol. The van der Waals surface area contributed by atoms with E-state index in [4.69, 9.17) is 14.2 Å². The standard InChI is InChI=1S/C16H22O4/c1-2-7-19-15-4-3-14(11-17)16(10-15)20-12-13-5-8-18-9-6-13/h3-4,10-11,13H,2,5-9,12H2,1H3. The fraction of sp³-hybridized carbons (Fsp3) is 0.562. The molecule has 0 N–H and O–H groups in total. The Kier molecular flexibility index (Phi) is 5.87. The van der Waals surface area contributed by atoms with Crippen LogP contribution in [-0.2, 0) is 4.74 Å². The van der Waals surface area contributed by atoms with Crippen LogP contribution < -0.4 is 9.47 Å². The smallest absolute Gasteiger partial charge is 0.153 e. The van der Waals surface area contributed by atoms with Crippen molar-refractivity contribution < 1.29 is 19.0 Å². The summed E-state index contributed by atoms with van der Waals surface area (Å²) in [4.78, 5) is 11.1. The van der Waals surface area contributed by atoms with Gasteiger partial charge in [-0.05, 0) is 37.3 Å². The van der Waals surface area contributed by atoms with Gasteiger partial charge in [-0.1, -0.05) is 6.92 Å². The Morgan fingerprint density at radius 2 is 2.10 bits per heavy atom. The van der Waals surface area contributed by atoms with Crippen molar-refractivity contribution in [3.05, 3.63) is 23.8 Å². The summed E-state index contributed by atoms with van der Waals surface area (Å²) in [5, 5.41) is 0. The van der Waals surface area contributed by atoms with Crippen LogP contribution in [0.25, 0.3) is 0 Å². The molecule has 0 bridgehead atoms. The predicted octanol–water partition coefficient (Wildman–Crippen LogP) is 3.09. The number of carbonyl (C=O) groups is 1. The van der Waals surface area contributed by atoms with E-state index >= 15 is 0 Å². The second kappa shape index (κ2) is 7.90. The number of rotatable bonds is 7. The number of carbonyl (C=O) groups excluding carboxylic acids is 1. The molecule has 0 aliphatic carbocycles. The van der Waals surface area contributed by atoms with E-state index in [1.807, 2.05) is 0 Å². The molecule has 0 aromatic heterocycles. The summed E-state index contributed by atoms with van der Waals surface area (Å²) >= 11 is 0. The molecule has 4 nitrogen and oxygen atoms in total. The minimum absolute atomic E-state index is 0.503. The SMILES string of the molecule is CCCOc1ccc(C=O)c(OCC2CCOCC2)c1. The van der Waals surface area contributed by atoms with Crippen LogP contribution in [0.15, 0.2) is 18.2 Å². The maximum atomic E-state index is 11.1. The Bertz CT molecular complexity index is 424. The summed E-state index contributed by atoms with van der Waals surface area (Å²) in [6.45, 7) is 4.95. The summed E-state index contributed by atoms with van der Waals surface area (Å²) in [5.74, 6) is 1.86. The van der Waals surface area contributed by atoms with Gasteiger partial charge in [-0.15, -0.1) is 0 Å².